The Morgan fingerprint density at radius 3 is 0.830 bits per heavy atom. The van der Waals surface area contributed by atoms with Gasteiger partial charge < -0.3 is 47.7 Å². The third kappa shape index (κ3) is 15.6. The zero-order valence-corrected chi connectivity index (χ0v) is 62.3. The van der Waals surface area contributed by atoms with Crippen molar-refractivity contribution in [1.82, 2.24) is 19.6 Å². The Balaban J connectivity index is 1.27. The topological polar surface area (TPSA) is 314 Å². The number of rotatable bonds is 30. The first kappa shape index (κ1) is 78.6. The highest BCUT2D eigenvalue weighted by Gasteiger charge is 2.49. The molecule has 0 radical (unpaired) electrons. The molecular formula is C86H72N8O18. The molecule has 26 nitrogen and oxygen atoms in total. The first-order valence-electron chi connectivity index (χ1n) is 35.2. The van der Waals surface area contributed by atoms with Crippen molar-refractivity contribution in [3.63, 3.8) is 0 Å². The molecule has 2 heterocycles. The molecule has 112 heavy (non-hydrogen) atoms. The van der Waals surface area contributed by atoms with Gasteiger partial charge >= 0.3 is 23.9 Å². The van der Waals surface area contributed by atoms with Crippen molar-refractivity contribution in [1.29, 1.82) is 10.5 Å². The molecule has 0 saturated heterocycles. The van der Waals surface area contributed by atoms with Gasteiger partial charge in [-0.1, -0.05) is 78.3 Å². The lowest BCUT2D eigenvalue weighted by Crippen LogP contribution is -2.57. The van der Waals surface area contributed by atoms with Crippen molar-refractivity contribution in [3.05, 3.63) is 226 Å². The molecule has 0 fully saturated rings. The van der Waals surface area contributed by atoms with E-state index in [0.717, 1.165) is 9.80 Å². The number of carbonyl (C=O) groups excluding carboxylic acids is 10. The van der Waals surface area contributed by atoms with E-state index in [0.29, 0.717) is 0 Å². The zero-order chi connectivity index (χ0) is 80.8. The summed E-state index contributed by atoms with van der Waals surface area (Å²) >= 11 is 0. The normalized spacial score (nSPS) is 12.7. The van der Waals surface area contributed by atoms with Gasteiger partial charge in [-0.05, 0) is 137 Å². The van der Waals surface area contributed by atoms with E-state index in [1.165, 1.54) is 159 Å². The summed E-state index contributed by atoms with van der Waals surface area (Å²) in [6.07, 6.45) is 0. The number of carbonyl (C=O) groups is 10. The highest BCUT2D eigenvalue weighted by Crippen LogP contribution is 2.58. The maximum atomic E-state index is 16.5. The summed E-state index contributed by atoms with van der Waals surface area (Å²) in [4.78, 5) is 159. The van der Waals surface area contributed by atoms with E-state index in [2.05, 4.69) is 48.1 Å². The Morgan fingerprint density at radius 1 is 0.393 bits per heavy atom. The predicted octanol–water partition coefficient (Wildman–Crippen LogP) is 15.1. The van der Waals surface area contributed by atoms with E-state index in [9.17, 15) is 29.7 Å². The van der Waals surface area contributed by atoms with E-state index in [1.54, 1.807) is 27.7 Å². The van der Waals surface area contributed by atoms with Gasteiger partial charge in [-0.15, -0.1) is 0 Å². The fraction of sp³-hybridized carbons (Fsp3) is 0.233. The SMILES string of the molecule is [C-]#[N+]c1ccc(Oc2cc3c4c(cc(Oc5ccc(C#N)cc5)c5c6c(Oc7ccc(C#N)cc7)cc7c8c(cc(Oc9ccc([N+]#[C-])cc9)c(c2c45)c86)C(=O)N(C(C(=O)N(CCOC(=O)C(=C)C)CCOC(=O)C(=C)C)C(C)C)C7=O)C(=O)N(C(C(=O)N(CCOC(=O)C(=C)C)CCOC(=O)C(=C)C)C(C)C)C3=O)cc1. The second-order valence-electron chi connectivity index (χ2n) is 27.2. The second-order valence-corrected chi connectivity index (χ2v) is 27.2. The number of fused-ring (bicyclic) bond motifs is 2. The first-order chi connectivity index (χ1) is 53.5. The number of amides is 6. The molecule has 0 spiro atoms. The van der Waals surface area contributed by atoms with Crippen LogP contribution < -0.4 is 18.9 Å². The molecule has 0 saturated carbocycles. The van der Waals surface area contributed by atoms with Crippen LogP contribution in [0.4, 0.5) is 11.4 Å². The summed E-state index contributed by atoms with van der Waals surface area (Å²) in [5, 5.41) is 20.1. The van der Waals surface area contributed by atoms with Crippen LogP contribution in [0.3, 0.4) is 0 Å². The Bertz CT molecular complexity index is 5020. The minimum absolute atomic E-state index is 0.0115. The third-order valence-corrected chi connectivity index (χ3v) is 18.5. The minimum Gasteiger partial charge on any atom is -0.460 e. The van der Waals surface area contributed by atoms with E-state index >= 15 is 28.8 Å². The van der Waals surface area contributed by atoms with E-state index in [4.69, 9.17) is 51.0 Å². The van der Waals surface area contributed by atoms with Crippen molar-refractivity contribution in [2.24, 2.45) is 11.8 Å². The van der Waals surface area contributed by atoms with Crippen molar-refractivity contribution < 1.29 is 85.8 Å². The fourth-order valence-electron chi connectivity index (χ4n) is 13.2. The third-order valence-electron chi connectivity index (χ3n) is 18.5. The van der Waals surface area contributed by atoms with E-state index in [-0.39, 0.29) is 182 Å². The molecular weight excluding hydrogens is 1430 g/mol. The maximum Gasteiger partial charge on any atom is 0.333 e. The van der Waals surface area contributed by atoms with Crippen LogP contribution in [-0.2, 0) is 47.7 Å². The monoisotopic (exact) mass is 1500 g/mol. The smallest absolute Gasteiger partial charge is 0.333 e. The summed E-state index contributed by atoms with van der Waals surface area (Å²) in [7, 11) is 0. The minimum atomic E-state index is -1.68. The molecule has 6 amide bonds. The molecule has 0 aliphatic carbocycles. The number of nitrogens with zero attached hydrogens (tertiary/aromatic N) is 8. The average molecular weight is 1510 g/mol. The lowest BCUT2D eigenvalue weighted by molar-refractivity contribution is -0.146. The van der Waals surface area contributed by atoms with Crippen LogP contribution in [0.5, 0.6) is 46.0 Å². The van der Waals surface area contributed by atoms with E-state index < -0.39 is 110 Å². The molecule has 11 rings (SSSR count). The van der Waals surface area contributed by atoms with Crippen molar-refractivity contribution in [2.75, 3.05) is 52.6 Å². The summed E-state index contributed by atoms with van der Waals surface area (Å²) in [6.45, 7) is 39.4. The Labute approximate surface area is 642 Å². The molecule has 2 aliphatic heterocycles. The van der Waals surface area contributed by atoms with Crippen LogP contribution in [0.15, 0.2) is 170 Å². The van der Waals surface area contributed by atoms with Crippen LogP contribution in [0.1, 0.15) is 108 Å². The number of ether oxygens (including phenoxy) is 8. The molecule has 564 valence electrons. The Hall–Kier alpha value is -14.5. The Morgan fingerprint density at radius 2 is 0.625 bits per heavy atom. The number of imide groups is 2. The van der Waals surface area contributed by atoms with Crippen LogP contribution in [0, 0.1) is 47.6 Å². The molecule has 26 heteroatoms. The summed E-state index contributed by atoms with van der Waals surface area (Å²) in [5.74, 6) is -11.2. The van der Waals surface area contributed by atoms with Crippen molar-refractivity contribution >= 4 is 114 Å². The first-order valence-corrected chi connectivity index (χ1v) is 35.2. The standard InChI is InChI=1S/C86H72N8O18/c1-45(2)75(81(99)91(31-35-105-83(101)47(5)6)32-36-106-84(102)48(7)8)93-77(95)59-39-63(109-55-23-15-51(43-87)16-24-55)69-70-64(110-56-25-17-52(44-88)18-26-56)40-60-68-62(80(98)94(78(60)96)76(46(3)4)82(100)92(33-37-107-85(103)49(9)10)34-38-108-86(104)50(11)12)42-66(112-58-29-21-54(90-14)22-30-58)72(74(68)70)71-65(41-61(79(93)97)67(59)73(69)71)111-57-27-19-53(89-13)20-28-57/h15-30,39-42,45-46,75-76H,5,7,9,11,31-38H2,1-4,6,8,10,12H3. The van der Waals surface area contributed by atoms with E-state index in [1.807, 2.05) is 0 Å². The van der Waals surface area contributed by atoms with Crippen LogP contribution in [0.25, 0.3) is 52.8 Å². The molecule has 2 atom stereocenters. The van der Waals surface area contributed by atoms with Crippen molar-refractivity contribution in [3.8, 4) is 58.1 Å². The molecule has 2 unspecified atom stereocenters. The molecule has 0 bridgehead atoms. The molecule has 2 aliphatic rings. The number of esters is 4. The van der Waals surface area contributed by atoms with Gasteiger partial charge in [0.1, 0.15) is 84.5 Å². The van der Waals surface area contributed by atoms with Crippen molar-refractivity contribution in [2.45, 2.75) is 67.5 Å². The average Bonchev–Trinajstić information content (AvgIpc) is 0.670. The molecule has 9 aromatic carbocycles. The predicted molar refractivity (Wildman–Crippen MR) is 410 cm³/mol. The number of hydrogen-bond acceptors (Lipinski definition) is 20. The lowest BCUT2D eigenvalue weighted by atomic mass is 9.80. The number of nitriles is 2. The molecule has 0 N–H and O–H groups in total. The van der Waals surface area contributed by atoms with Gasteiger partial charge in [0.2, 0.25) is 11.8 Å². The second kappa shape index (κ2) is 32.9. The summed E-state index contributed by atoms with van der Waals surface area (Å²) < 4.78 is 50.0. The van der Waals surface area contributed by atoms with Crippen LogP contribution in [-0.4, -0.2) is 144 Å². The summed E-state index contributed by atoms with van der Waals surface area (Å²) in [6, 6.07) is 29.9. The van der Waals surface area contributed by atoms with Crippen LogP contribution in [0.2, 0.25) is 0 Å². The van der Waals surface area contributed by atoms with Gasteiger partial charge in [-0.2, -0.15) is 10.5 Å². The highest BCUT2D eigenvalue weighted by molar-refractivity contribution is 6.45. The van der Waals surface area contributed by atoms with Crippen LogP contribution >= 0.6 is 0 Å². The largest absolute Gasteiger partial charge is 0.460 e. The summed E-state index contributed by atoms with van der Waals surface area (Å²) in [5.41, 5.74) is 0.106. The molecule has 0 aromatic heterocycles. The number of hydrogen-bond donors (Lipinski definition) is 0. The fourth-order valence-corrected chi connectivity index (χ4v) is 13.2. The molecule has 9 aromatic rings. The van der Waals surface area contributed by atoms with Gasteiger partial charge in [0.25, 0.3) is 23.6 Å². The quantitative estimate of drug-likeness (QED) is 0.00768. The van der Waals surface area contributed by atoms with Gasteiger partial charge in [0.05, 0.1) is 84.8 Å². The zero-order valence-electron chi connectivity index (χ0n) is 62.3. The highest BCUT2D eigenvalue weighted by atomic mass is 16.5. The maximum absolute atomic E-state index is 16.5. The van der Waals surface area contributed by atoms with Gasteiger partial charge in [0.15, 0.2) is 11.4 Å². The number of benzene rings is 9. The van der Waals surface area contributed by atoms with Gasteiger partial charge in [0, 0.05) is 65.4 Å². The van der Waals surface area contributed by atoms with Gasteiger partial charge in [-0.3, -0.25) is 38.6 Å². The Kier molecular flexibility index (Phi) is 23.1. The van der Waals surface area contributed by atoms with Gasteiger partial charge in [-0.25, -0.2) is 28.9 Å². The lowest BCUT2D eigenvalue weighted by Gasteiger charge is -2.39.